The minimum absolute atomic E-state index is 0.396. The molecule has 0 bridgehead atoms. The highest BCUT2D eigenvalue weighted by Gasteiger charge is 2.35. The molecule has 0 N–H and O–H groups in total. The first-order chi connectivity index (χ1) is 7.47. The molecule has 0 aromatic rings. The number of nitrogens with zero attached hydrogens (tertiary/aromatic N) is 2. The molecule has 0 aliphatic carbocycles. The number of ether oxygens (including phenoxy) is 1. The molecular formula is C10H16N2O4. The van der Waals surface area contributed by atoms with Gasteiger partial charge in [0, 0.05) is 26.6 Å². The maximum Gasteiger partial charge on any atom is 0.315 e. The highest BCUT2D eigenvalue weighted by molar-refractivity contribution is 6.35. The van der Waals surface area contributed by atoms with E-state index in [9.17, 15) is 14.4 Å². The summed E-state index contributed by atoms with van der Waals surface area (Å²) in [6.07, 6.45) is -0.687. The van der Waals surface area contributed by atoms with Crippen LogP contribution in [0.25, 0.3) is 0 Å². The summed E-state index contributed by atoms with van der Waals surface area (Å²) in [5, 5.41) is 0. The average Bonchev–Trinajstić information content (AvgIpc) is 2.20. The molecule has 1 saturated heterocycles. The van der Waals surface area contributed by atoms with Crippen molar-refractivity contribution in [1.82, 2.24) is 9.80 Å². The highest BCUT2D eigenvalue weighted by atomic mass is 16.6. The highest BCUT2D eigenvalue weighted by Crippen LogP contribution is 2.09. The summed E-state index contributed by atoms with van der Waals surface area (Å²) >= 11 is 0. The van der Waals surface area contributed by atoms with Gasteiger partial charge in [-0.1, -0.05) is 0 Å². The first-order valence-electron chi connectivity index (χ1n) is 5.24. The predicted octanol–water partition coefficient (Wildman–Crippen LogP) is -0.414. The number of piperazine rings is 1. The molecule has 0 spiro atoms. The van der Waals surface area contributed by atoms with Crippen molar-refractivity contribution in [3.05, 3.63) is 0 Å². The van der Waals surface area contributed by atoms with E-state index in [2.05, 4.69) is 0 Å². The number of esters is 1. The zero-order valence-corrected chi connectivity index (χ0v) is 9.73. The van der Waals surface area contributed by atoms with E-state index in [1.807, 2.05) is 6.92 Å². The van der Waals surface area contributed by atoms with Crippen molar-refractivity contribution in [2.24, 2.45) is 0 Å². The monoisotopic (exact) mass is 228 g/mol. The van der Waals surface area contributed by atoms with Crippen molar-refractivity contribution < 1.29 is 19.1 Å². The van der Waals surface area contributed by atoms with E-state index in [4.69, 9.17) is 4.74 Å². The second-order valence-corrected chi connectivity index (χ2v) is 3.59. The van der Waals surface area contributed by atoms with E-state index < -0.39 is 24.0 Å². The number of carbonyl (C=O) groups is 3. The van der Waals surface area contributed by atoms with Gasteiger partial charge in [0.25, 0.3) is 0 Å². The molecule has 1 fully saturated rings. The summed E-state index contributed by atoms with van der Waals surface area (Å²) < 4.78 is 4.87. The van der Waals surface area contributed by atoms with Crippen molar-refractivity contribution in [3.8, 4) is 0 Å². The van der Waals surface area contributed by atoms with Crippen LogP contribution in [0.3, 0.4) is 0 Å². The molecular weight excluding hydrogens is 212 g/mol. The van der Waals surface area contributed by atoms with Crippen LogP contribution in [-0.2, 0) is 19.1 Å². The second kappa shape index (κ2) is 4.96. The van der Waals surface area contributed by atoms with E-state index in [-0.39, 0.29) is 0 Å². The fraction of sp³-hybridized carbons (Fsp3) is 0.700. The van der Waals surface area contributed by atoms with Crippen LogP contribution in [0.4, 0.5) is 0 Å². The van der Waals surface area contributed by atoms with E-state index in [1.165, 1.54) is 16.7 Å². The van der Waals surface area contributed by atoms with Gasteiger partial charge in [-0.25, -0.2) is 0 Å². The van der Waals surface area contributed by atoms with Gasteiger partial charge in [0.05, 0.1) is 0 Å². The molecule has 0 aromatic heterocycles. The van der Waals surface area contributed by atoms with Crippen LogP contribution in [0, 0.1) is 0 Å². The lowest BCUT2D eigenvalue weighted by molar-refractivity contribution is -0.171. The minimum atomic E-state index is -0.687. The number of rotatable bonds is 3. The average molecular weight is 228 g/mol. The smallest absolute Gasteiger partial charge is 0.315 e. The van der Waals surface area contributed by atoms with Gasteiger partial charge in [0.2, 0.25) is 0 Å². The lowest BCUT2D eigenvalue weighted by Crippen LogP contribution is -2.57. The van der Waals surface area contributed by atoms with E-state index in [0.717, 1.165) is 0 Å². The van der Waals surface area contributed by atoms with Gasteiger partial charge in [-0.2, -0.15) is 0 Å². The fourth-order valence-electron chi connectivity index (χ4n) is 1.64. The molecule has 0 radical (unpaired) electrons. The molecule has 1 unspecified atom stereocenters. The van der Waals surface area contributed by atoms with Crippen molar-refractivity contribution in [3.63, 3.8) is 0 Å². The Balaban J connectivity index is 2.67. The molecule has 2 amide bonds. The SMILES string of the molecule is CCN1CCN(C(C)OC(C)=O)C(=O)C1=O. The Morgan fingerprint density at radius 3 is 2.50 bits per heavy atom. The van der Waals surface area contributed by atoms with Gasteiger partial charge in [-0.05, 0) is 13.8 Å². The molecule has 16 heavy (non-hydrogen) atoms. The summed E-state index contributed by atoms with van der Waals surface area (Å²) in [5.74, 6) is -1.61. The van der Waals surface area contributed by atoms with E-state index >= 15 is 0 Å². The molecule has 6 nitrogen and oxygen atoms in total. The van der Waals surface area contributed by atoms with Crippen LogP contribution in [0.15, 0.2) is 0 Å². The summed E-state index contributed by atoms with van der Waals surface area (Å²) in [7, 11) is 0. The van der Waals surface area contributed by atoms with Crippen molar-refractivity contribution in [2.45, 2.75) is 27.0 Å². The molecule has 1 heterocycles. The maximum absolute atomic E-state index is 11.7. The topological polar surface area (TPSA) is 66.9 Å². The summed E-state index contributed by atoms with van der Waals surface area (Å²) in [6, 6.07) is 0. The molecule has 1 aliphatic rings. The Labute approximate surface area is 94.1 Å². The molecule has 1 aliphatic heterocycles. The number of carbonyl (C=O) groups excluding carboxylic acids is 3. The summed E-state index contributed by atoms with van der Waals surface area (Å²) in [4.78, 5) is 36.7. The molecule has 6 heteroatoms. The fourth-order valence-corrected chi connectivity index (χ4v) is 1.64. The minimum Gasteiger partial charge on any atom is -0.442 e. The normalized spacial score (nSPS) is 18.7. The third kappa shape index (κ3) is 2.50. The van der Waals surface area contributed by atoms with Crippen molar-refractivity contribution in [1.29, 1.82) is 0 Å². The Hall–Kier alpha value is -1.59. The maximum atomic E-state index is 11.7. The molecule has 1 atom stereocenters. The van der Waals surface area contributed by atoms with Crippen molar-refractivity contribution >= 4 is 17.8 Å². The van der Waals surface area contributed by atoms with Gasteiger partial charge in [-0.3, -0.25) is 19.3 Å². The van der Waals surface area contributed by atoms with Gasteiger partial charge in [-0.15, -0.1) is 0 Å². The van der Waals surface area contributed by atoms with Crippen molar-refractivity contribution in [2.75, 3.05) is 19.6 Å². The number of likely N-dealkylation sites (N-methyl/N-ethyl adjacent to an activating group) is 1. The number of amides is 2. The Bertz CT molecular complexity index is 316. The lowest BCUT2D eigenvalue weighted by Gasteiger charge is -2.35. The number of hydrogen-bond acceptors (Lipinski definition) is 4. The third-order valence-corrected chi connectivity index (χ3v) is 2.50. The standard InChI is InChI=1S/C10H16N2O4/c1-4-11-5-6-12(10(15)9(11)14)7(2)16-8(3)13/h7H,4-6H2,1-3H3. The quantitative estimate of drug-likeness (QED) is 0.486. The van der Waals surface area contributed by atoms with Gasteiger partial charge in [0.15, 0.2) is 6.23 Å². The first kappa shape index (κ1) is 12.5. The van der Waals surface area contributed by atoms with Gasteiger partial charge < -0.3 is 9.64 Å². The van der Waals surface area contributed by atoms with E-state index in [1.54, 1.807) is 6.92 Å². The first-order valence-corrected chi connectivity index (χ1v) is 5.24. The predicted molar refractivity (Wildman–Crippen MR) is 55.2 cm³/mol. The molecule has 1 rings (SSSR count). The van der Waals surface area contributed by atoms with Gasteiger partial charge >= 0.3 is 17.8 Å². The largest absolute Gasteiger partial charge is 0.442 e. The van der Waals surface area contributed by atoms with Crippen LogP contribution in [0.5, 0.6) is 0 Å². The molecule has 90 valence electrons. The Morgan fingerprint density at radius 2 is 2.00 bits per heavy atom. The van der Waals surface area contributed by atoms with Crippen LogP contribution in [-0.4, -0.2) is 53.4 Å². The van der Waals surface area contributed by atoms with Gasteiger partial charge in [0.1, 0.15) is 0 Å². The van der Waals surface area contributed by atoms with Crippen LogP contribution in [0.1, 0.15) is 20.8 Å². The Kier molecular flexibility index (Phi) is 3.87. The lowest BCUT2D eigenvalue weighted by atomic mass is 10.3. The summed E-state index contributed by atoms with van der Waals surface area (Å²) in [6.45, 7) is 6.05. The number of hydrogen-bond donors (Lipinski definition) is 0. The zero-order chi connectivity index (χ0) is 12.3. The van der Waals surface area contributed by atoms with Crippen LogP contribution < -0.4 is 0 Å². The van der Waals surface area contributed by atoms with Crippen LogP contribution >= 0.6 is 0 Å². The van der Waals surface area contributed by atoms with Crippen LogP contribution in [0.2, 0.25) is 0 Å². The molecule has 0 aromatic carbocycles. The van der Waals surface area contributed by atoms with E-state index in [0.29, 0.717) is 19.6 Å². The zero-order valence-electron chi connectivity index (χ0n) is 9.73. The molecule has 0 saturated carbocycles. The summed E-state index contributed by atoms with van der Waals surface area (Å²) in [5.41, 5.74) is 0. The Morgan fingerprint density at radius 1 is 1.38 bits per heavy atom. The second-order valence-electron chi connectivity index (χ2n) is 3.59. The third-order valence-electron chi connectivity index (χ3n) is 2.50.